The maximum atomic E-state index is 12.5. The molecule has 0 fully saturated rings. The number of nitrogens with one attached hydrogen (secondary N) is 1. The van der Waals surface area contributed by atoms with Crippen molar-refractivity contribution in [2.45, 2.75) is 19.4 Å². The van der Waals surface area contributed by atoms with Crippen molar-refractivity contribution < 1.29 is 14.7 Å². The number of hydrogen-bond donors (Lipinski definition) is 2. The number of ether oxygens (including phenoxy) is 1. The molecule has 1 heterocycles. The molecular weight excluding hydrogens is 348 g/mol. The van der Waals surface area contributed by atoms with Gasteiger partial charge >= 0.3 is 0 Å². The smallest absolute Gasteiger partial charge is 0.265 e. The van der Waals surface area contributed by atoms with Crippen molar-refractivity contribution in [2.75, 3.05) is 5.32 Å². The zero-order chi connectivity index (χ0) is 17.1. The summed E-state index contributed by atoms with van der Waals surface area (Å²) < 4.78 is 8.98. The van der Waals surface area contributed by atoms with Gasteiger partial charge in [0.05, 0.1) is 0 Å². The number of halogens is 1. The van der Waals surface area contributed by atoms with E-state index in [1.807, 2.05) is 25.1 Å². The number of benzene rings is 2. The zero-order valence-electron chi connectivity index (χ0n) is 12.8. The van der Waals surface area contributed by atoms with E-state index in [-0.39, 0.29) is 5.91 Å². The summed E-state index contributed by atoms with van der Waals surface area (Å²) in [4.78, 5) is 13.3. The van der Waals surface area contributed by atoms with Gasteiger partial charge in [-0.2, -0.15) is 0 Å². The summed E-state index contributed by atoms with van der Waals surface area (Å²) in [5.41, 5.74) is 2.56. The van der Waals surface area contributed by atoms with E-state index in [1.165, 1.54) is 0 Å². The first kappa shape index (κ1) is 16.7. The number of carbonyl (C=O) groups excluding carboxylic acids is 1. The molecule has 124 valence electrons. The Morgan fingerprint density at radius 1 is 1.33 bits per heavy atom. The third-order valence-electron chi connectivity index (χ3n) is 3.63. The normalized spacial score (nSPS) is 16.0. The predicted octanol–water partition coefficient (Wildman–Crippen LogP) is 3.61. The minimum absolute atomic E-state index is 0.264. The molecule has 0 saturated carbocycles. The van der Waals surface area contributed by atoms with Gasteiger partial charge in [-0.05, 0) is 54.5 Å². The molecule has 0 aromatic heterocycles. The molecule has 1 aliphatic heterocycles. The molecule has 0 aliphatic carbocycles. The van der Waals surface area contributed by atoms with Gasteiger partial charge in [0.2, 0.25) is 0 Å². The Kier molecular flexibility index (Phi) is 4.99. The Labute approximate surface area is 147 Å². The molecule has 0 saturated heterocycles. The van der Waals surface area contributed by atoms with Gasteiger partial charge in [0, 0.05) is 27.6 Å². The summed E-state index contributed by atoms with van der Waals surface area (Å²) in [6.45, 7) is 1.97. The minimum Gasteiger partial charge on any atom is -0.480 e. The van der Waals surface area contributed by atoms with Crippen LogP contribution in [0.25, 0.3) is 0 Å². The number of carbonyl (C=O) groups is 1. The standard InChI is InChI=1S/C17H15ClN2O3S/c1-10-2-7-14-13(8-10)16(24-20-22)9-15(23-14)17(21)19-12-5-3-11(18)4-6-12/h2-8,15,22H,9H2,1H3,(H,19,21). The van der Waals surface area contributed by atoms with Gasteiger partial charge in [0.15, 0.2) is 6.10 Å². The summed E-state index contributed by atoms with van der Waals surface area (Å²) in [5, 5.41) is 12.3. The highest BCUT2D eigenvalue weighted by molar-refractivity contribution is 7.69. The maximum absolute atomic E-state index is 12.5. The van der Waals surface area contributed by atoms with Crippen LogP contribution in [-0.4, -0.2) is 22.1 Å². The second-order valence-corrected chi connectivity index (χ2v) is 6.68. The lowest BCUT2D eigenvalue weighted by atomic mass is 9.99. The quantitative estimate of drug-likeness (QED) is 0.633. The van der Waals surface area contributed by atoms with Gasteiger partial charge in [-0.15, -0.1) is 0 Å². The fraction of sp³-hybridized carbons (Fsp3) is 0.176. The lowest BCUT2D eigenvalue weighted by Gasteiger charge is -2.26. The van der Waals surface area contributed by atoms with E-state index in [1.54, 1.807) is 24.3 Å². The highest BCUT2D eigenvalue weighted by Crippen LogP contribution is 2.29. The van der Waals surface area contributed by atoms with Crippen molar-refractivity contribution >= 4 is 39.2 Å². The molecule has 1 unspecified atom stereocenters. The lowest BCUT2D eigenvalue weighted by Crippen LogP contribution is -2.38. The minimum atomic E-state index is -0.694. The number of nitrogens with zero attached hydrogens (tertiary/aromatic N) is 1. The summed E-state index contributed by atoms with van der Waals surface area (Å²) in [6, 6.07) is 12.5. The second kappa shape index (κ2) is 7.17. The average molecular weight is 363 g/mol. The average Bonchev–Trinajstić information content (AvgIpc) is 2.57. The molecule has 5 nitrogen and oxygen atoms in total. The van der Waals surface area contributed by atoms with E-state index in [0.717, 1.165) is 27.1 Å². The Morgan fingerprint density at radius 3 is 2.79 bits per heavy atom. The van der Waals surface area contributed by atoms with Crippen molar-refractivity contribution in [1.29, 1.82) is 0 Å². The van der Waals surface area contributed by atoms with Gasteiger partial charge in [-0.25, -0.2) is 0 Å². The molecule has 0 bridgehead atoms. The highest BCUT2D eigenvalue weighted by Gasteiger charge is 2.29. The molecule has 1 aliphatic rings. The van der Waals surface area contributed by atoms with Crippen LogP contribution in [0.3, 0.4) is 0 Å². The summed E-state index contributed by atoms with van der Waals surface area (Å²) in [5.74, 6) is 0.342. The van der Waals surface area contributed by atoms with Crippen molar-refractivity contribution in [3.63, 3.8) is 0 Å². The Bertz CT molecular complexity index is 845. The Balaban J connectivity index is 1.85. The molecule has 7 heteroatoms. The van der Waals surface area contributed by atoms with Crippen molar-refractivity contribution in [3.8, 4) is 5.75 Å². The van der Waals surface area contributed by atoms with E-state index in [2.05, 4.69) is 9.84 Å². The molecule has 0 spiro atoms. The molecule has 3 rings (SSSR count). The predicted molar refractivity (Wildman–Crippen MR) is 96.0 cm³/mol. The van der Waals surface area contributed by atoms with Crippen molar-refractivity contribution in [3.05, 3.63) is 58.6 Å². The lowest BCUT2D eigenvalue weighted by molar-refractivity contribution is -0.122. The van der Waals surface area contributed by atoms with E-state index in [0.29, 0.717) is 22.9 Å². The Morgan fingerprint density at radius 2 is 2.08 bits per heavy atom. The van der Waals surface area contributed by atoms with Gasteiger partial charge in [-0.1, -0.05) is 27.8 Å². The van der Waals surface area contributed by atoms with Crippen LogP contribution in [0.2, 0.25) is 5.02 Å². The second-order valence-electron chi connectivity index (χ2n) is 5.40. The van der Waals surface area contributed by atoms with E-state index < -0.39 is 6.10 Å². The number of anilines is 1. The fourth-order valence-electron chi connectivity index (χ4n) is 2.48. The highest BCUT2D eigenvalue weighted by atomic mass is 35.5. The number of aryl methyl sites for hydroxylation is 1. The van der Waals surface area contributed by atoms with E-state index in [4.69, 9.17) is 21.5 Å². The summed E-state index contributed by atoms with van der Waals surface area (Å²) in [7, 11) is 0. The monoisotopic (exact) mass is 362 g/mol. The number of hydrogen-bond acceptors (Lipinski definition) is 3. The molecule has 1 atom stereocenters. The first-order valence-electron chi connectivity index (χ1n) is 7.28. The van der Waals surface area contributed by atoms with Crippen LogP contribution in [0, 0.1) is 6.92 Å². The van der Waals surface area contributed by atoms with Gasteiger partial charge in [0.25, 0.3) is 5.91 Å². The first-order valence-corrected chi connectivity index (χ1v) is 8.43. The number of fused-ring (bicyclic) bond motifs is 1. The molecule has 0 radical (unpaired) electrons. The van der Waals surface area contributed by atoms with Crippen molar-refractivity contribution in [2.24, 2.45) is 4.53 Å². The SMILES string of the molecule is Cc1ccc2c(c1)C(=S=NO)CC(C(=O)Nc1ccc(Cl)cc1)O2. The van der Waals surface area contributed by atoms with Crippen LogP contribution >= 0.6 is 11.6 Å². The van der Waals surface area contributed by atoms with Crippen LogP contribution < -0.4 is 10.1 Å². The molecule has 2 aromatic carbocycles. The van der Waals surface area contributed by atoms with Gasteiger partial charge in [-0.3, -0.25) is 10.0 Å². The summed E-state index contributed by atoms with van der Waals surface area (Å²) >= 11 is 6.79. The van der Waals surface area contributed by atoms with Crippen LogP contribution in [0.1, 0.15) is 17.5 Å². The number of amides is 1. The van der Waals surface area contributed by atoms with Crippen LogP contribution in [0.15, 0.2) is 47.0 Å². The summed E-state index contributed by atoms with van der Waals surface area (Å²) in [6.07, 6.45) is -0.356. The third kappa shape index (κ3) is 3.67. The van der Waals surface area contributed by atoms with Crippen LogP contribution in [-0.2, 0) is 15.9 Å². The number of rotatable bonds is 2. The molecular formula is C17H15ClN2O3S. The molecule has 24 heavy (non-hydrogen) atoms. The first-order chi connectivity index (χ1) is 11.6. The van der Waals surface area contributed by atoms with Crippen LogP contribution in [0.5, 0.6) is 5.75 Å². The van der Waals surface area contributed by atoms with E-state index >= 15 is 0 Å². The zero-order valence-corrected chi connectivity index (χ0v) is 14.4. The van der Waals surface area contributed by atoms with Gasteiger partial charge in [0.1, 0.15) is 5.75 Å². The van der Waals surface area contributed by atoms with Crippen LogP contribution in [0.4, 0.5) is 5.69 Å². The topological polar surface area (TPSA) is 70.9 Å². The van der Waals surface area contributed by atoms with E-state index in [9.17, 15) is 4.79 Å². The largest absolute Gasteiger partial charge is 0.480 e. The molecule has 1 amide bonds. The van der Waals surface area contributed by atoms with Gasteiger partial charge < -0.3 is 10.1 Å². The maximum Gasteiger partial charge on any atom is 0.265 e. The third-order valence-corrected chi connectivity index (χ3v) is 4.57. The fourth-order valence-corrected chi connectivity index (χ4v) is 3.18. The van der Waals surface area contributed by atoms with Crippen molar-refractivity contribution in [1.82, 2.24) is 0 Å². The molecule has 2 N–H and O–H groups in total. The Hall–Kier alpha value is -2.15. The molecule has 2 aromatic rings.